The van der Waals surface area contributed by atoms with Gasteiger partial charge < -0.3 is 11.1 Å². The zero-order valence-electron chi connectivity index (χ0n) is 26.6. The Kier molecular flexibility index (Phi) is 9.59. The van der Waals surface area contributed by atoms with Crippen LogP contribution in [0, 0.1) is 0 Å². The molecule has 0 amide bonds. The van der Waals surface area contributed by atoms with Crippen LogP contribution >= 0.6 is 0 Å². The van der Waals surface area contributed by atoms with Gasteiger partial charge in [-0.25, -0.2) is 19.6 Å². The molecule has 0 aliphatic heterocycles. The number of nitrogens with one attached hydrogen (secondary N) is 5. The molecule has 6 rings (SSSR count). The first-order valence-corrected chi connectivity index (χ1v) is 17.9. The molecule has 0 bridgehead atoms. The van der Waals surface area contributed by atoms with Gasteiger partial charge in [0, 0.05) is 54.6 Å². The minimum atomic E-state index is -2.53. The Morgan fingerprint density at radius 1 is 0.667 bits per heavy atom. The van der Waals surface area contributed by atoms with Crippen LogP contribution in [0.3, 0.4) is 0 Å². The number of nitrogens with two attached hydrogens (primary N) is 1. The minimum absolute atomic E-state index is 0.0138. The van der Waals surface area contributed by atoms with Crippen molar-refractivity contribution in [1.29, 1.82) is 0 Å². The highest BCUT2D eigenvalue weighted by Gasteiger charge is 2.62. The first kappa shape index (κ1) is 31.6. The summed E-state index contributed by atoms with van der Waals surface area (Å²) in [4.78, 5) is 0. The molecule has 9 heteroatoms. The van der Waals surface area contributed by atoms with E-state index in [2.05, 4.69) is 45.8 Å². The topological polar surface area (TPSA) is 89.4 Å². The summed E-state index contributed by atoms with van der Waals surface area (Å²) >= 11 is 0. The van der Waals surface area contributed by atoms with Crippen LogP contribution in [-0.4, -0.2) is 64.0 Å². The van der Waals surface area contributed by atoms with E-state index in [-0.39, 0.29) is 42.0 Å². The lowest BCUT2D eigenvalue weighted by Crippen LogP contribution is -2.89. The Balaban J connectivity index is 1.39. The first-order valence-electron chi connectivity index (χ1n) is 17.9. The first-order chi connectivity index (χ1) is 20.1. The van der Waals surface area contributed by atoms with Crippen molar-refractivity contribution < 1.29 is 8.78 Å². The van der Waals surface area contributed by atoms with Crippen LogP contribution in [-0.2, 0) is 0 Å². The molecule has 5 unspecified atom stereocenters. The summed E-state index contributed by atoms with van der Waals surface area (Å²) in [6.45, 7) is 4.88. The van der Waals surface area contributed by atoms with Gasteiger partial charge in [-0.15, -0.1) is 0 Å². The van der Waals surface area contributed by atoms with Crippen LogP contribution in [0.15, 0.2) is 0 Å². The second kappa shape index (κ2) is 12.8. The van der Waals surface area contributed by atoms with E-state index >= 15 is 0 Å². The van der Waals surface area contributed by atoms with Crippen molar-refractivity contribution in [1.82, 2.24) is 31.9 Å². The Labute approximate surface area is 254 Å². The smallest absolute Gasteiger partial charge is 0.251 e. The molecule has 0 spiro atoms. The highest BCUT2D eigenvalue weighted by Crippen LogP contribution is 2.46. The number of alkyl halides is 2. The van der Waals surface area contributed by atoms with Crippen molar-refractivity contribution in [2.24, 2.45) is 5.73 Å². The van der Waals surface area contributed by atoms with Gasteiger partial charge in [0.2, 0.25) is 0 Å². The van der Waals surface area contributed by atoms with Crippen molar-refractivity contribution in [3.05, 3.63) is 0 Å². The monoisotopic (exact) mass is 593 g/mol. The second-order valence-corrected chi connectivity index (χ2v) is 15.9. The van der Waals surface area contributed by atoms with Gasteiger partial charge >= 0.3 is 0 Å². The van der Waals surface area contributed by atoms with E-state index in [4.69, 9.17) is 5.73 Å². The van der Waals surface area contributed by atoms with Crippen LogP contribution in [0.1, 0.15) is 149 Å². The standard InChI is InChI=1S/C33H61F2N7/c1-30(18-8-9-19-30)41-33(38-25-11-6-7-12-25)29(37-28-22-32(34,35)23-28)15-10-20-31(33,2)42(39-26-13-4-3-5-14-26)40-27-17-16-24(36)21-27/h24-29,37-41H,3-23,36H2,1-2H3. The third kappa shape index (κ3) is 6.73. The van der Waals surface area contributed by atoms with Crippen molar-refractivity contribution in [2.45, 2.75) is 208 Å². The zero-order valence-corrected chi connectivity index (χ0v) is 26.6. The van der Waals surface area contributed by atoms with Crippen molar-refractivity contribution in [3.8, 4) is 0 Å². The number of rotatable bonds is 11. The van der Waals surface area contributed by atoms with E-state index in [9.17, 15) is 8.78 Å². The maximum atomic E-state index is 14.1. The van der Waals surface area contributed by atoms with E-state index in [0.29, 0.717) is 18.1 Å². The van der Waals surface area contributed by atoms with E-state index < -0.39 is 11.6 Å². The van der Waals surface area contributed by atoms with Crippen LogP contribution in [0.4, 0.5) is 8.78 Å². The second-order valence-electron chi connectivity index (χ2n) is 15.9. The van der Waals surface area contributed by atoms with Gasteiger partial charge in [0.15, 0.2) is 0 Å². The molecule has 42 heavy (non-hydrogen) atoms. The quantitative estimate of drug-likeness (QED) is 0.142. The Morgan fingerprint density at radius 2 is 1.31 bits per heavy atom. The SMILES string of the molecule is CC1(NC2(NC3CCCC3)C(NC3CC(F)(F)C3)CCCC2(C)N(NC2CCCCC2)NC2CCC(N)C2)CCCC1. The molecular formula is C33H61F2N7. The number of hydrogen-bond donors (Lipinski definition) is 6. The molecule has 6 saturated carbocycles. The number of hydrogen-bond acceptors (Lipinski definition) is 7. The molecule has 0 heterocycles. The van der Waals surface area contributed by atoms with Gasteiger partial charge in [0.05, 0.1) is 5.54 Å². The van der Waals surface area contributed by atoms with Gasteiger partial charge in [0.25, 0.3) is 5.92 Å². The lowest BCUT2D eigenvalue weighted by Gasteiger charge is -2.64. The molecule has 6 aliphatic carbocycles. The predicted molar refractivity (Wildman–Crippen MR) is 166 cm³/mol. The summed E-state index contributed by atoms with van der Waals surface area (Å²) in [5.74, 6) is -2.53. The van der Waals surface area contributed by atoms with E-state index in [0.717, 1.165) is 51.4 Å². The van der Waals surface area contributed by atoms with Crippen molar-refractivity contribution in [3.63, 3.8) is 0 Å². The van der Waals surface area contributed by atoms with Crippen LogP contribution in [0.25, 0.3) is 0 Å². The van der Waals surface area contributed by atoms with Gasteiger partial charge in [-0.05, 0) is 90.9 Å². The highest BCUT2D eigenvalue weighted by molar-refractivity contribution is 5.20. The number of hydrazine groups is 2. The molecule has 5 atom stereocenters. The Morgan fingerprint density at radius 3 is 1.95 bits per heavy atom. The lowest BCUT2D eigenvalue weighted by molar-refractivity contribution is -0.149. The maximum Gasteiger partial charge on any atom is 0.251 e. The van der Waals surface area contributed by atoms with Crippen LogP contribution in [0.2, 0.25) is 0 Å². The fraction of sp³-hybridized carbons (Fsp3) is 1.00. The Hall–Kier alpha value is -0.420. The highest BCUT2D eigenvalue weighted by atomic mass is 19.3. The zero-order chi connectivity index (χ0) is 29.4. The van der Waals surface area contributed by atoms with E-state index in [1.807, 2.05) is 0 Å². The van der Waals surface area contributed by atoms with Crippen molar-refractivity contribution in [2.75, 3.05) is 0 Å². The average Bonchev–Trinajstić information content (AvgIpc) is 3.69. The third-order valence-electron chi connectivity index (χ3n) is 12.2. The molecule has 6 aliphatic rings. The Bertz CT molecular complexity index is 873. The summed E-state index contributed by atoms with van der Waals surface area (Å²) in [6, 6.07) is 1.41. The molecule has 6 fully saturated rings. The van der Waals surface area contributed by atoms with Gasteiger partial charge in [0.1, 0.15) is 5.66 Å². The maximum absolute atomic E-state index is 14.1. The average molecular weight is 594 g/mol. The fourth-order valence-electron chi connectivity index (χ4n) is 9.71. The molecule has 7 N–H and O–H groups in total. The third-order valence-corrected chi connectivity index (χ3v) is 12.2. The van der Waals surface area contributed by atoms with Gasteiger partial charge in [-0.1, -0.05) is 44.9 Å². The van der Waals surface area contributed by atoms with Crippen molar-refractivity contribution >= 4 is 0 Å². The summed E-state index contributed by atoms with van der Waals surface area (Å²) in [6.07, 6.45) is 22.1. The molecule has 242 valence electrons. The molecule has 0 aromatic rings. The summed E-state index contributed by atoms with van der Waals surface area (Å²) in [5.41, 5.74) is 13.8. The molecule has 0 aromatic heterocycles. The predicted octanol–water partition coefficient (Wildman–Crippen LogP) is 5.36. The fourth-order valence-corrected chi connectivity index (χ4v) is 9.71. The lowest BCUT2D eigenvalue weighted by atomic mass is 9.67. The number of nitrogens with zero attached hydrogens (tertiary/aromatic N) is 1. The van der Waals surface area contributed by atoms with E-state index in [1.54, 1.807) is 0 Å². The minimum Gasteiger partial charge on any atom is -0.328 e. The summed E-state index contributed by atoms with van der Waals surface area (Å²) < 4.78 is 28.3. The normalized spacial score (nSPS) is 39.7. The molecule has 0 saturated heterocycles. The van der Waals surface area contributed by atoms with E-state index in [1.165, 1.54) is 70.6 Å². The molecular weight excluding hydrogens is 532 g/mol. The van der Waals surface area contributed by atoms with Gasteiger partial charge in [-0.2, -0.15) is 5.12 Å². The van der Waals surface area contributed by atoms with Crippen LogP contribution < -0.4 is 32.5 Å². The summed E-state index contributed by atoms with van der Waals surface area (Å²) in [5, 5.41) is 15.1. The molecule has 0 aromatic carbocycles. The summed E-state index contributed by atoms with van der Waals surface area (Å²) in [7, 11) is 0. The number of halogens is 2. The van der Waals surface area contributed by atoms with Gasteiger partial charge in [-0.3, -0.25) is 10.6 Å². The molecule has 0 radical (unpaired) electrons. The molecule has 7 nitrogen and oxygen atoms in total. The largest absolute Gasteiger partial charge is 0.328 e. The van der Waals surface area contributed by atoms with Crippen LogP contribution in [0.5, 0.6) is 0 Å².